The third kappa shape index (κ3) is 3.09. The van der Waals surface area contributed by atoms with Gasteiger partial charge in [0.15, 0.2) is 0 Å². The summed E-state index contributed by atoms with van der Waals surface area (Å²) < 4.78 is 1.09. The highest BCUT2D eigenvalue weighted by atomic mass is 16.2. The summed E-state index contributed by atoms with van der Waals surface area (Å²) in [6.45, 7) is -0.204. The molecule has 19 heavy (non-hydrogen) atoms. The van der Waals surface area contributed by atoms with Crippen LogP contribution in [0.3, 0.4) is 0 Å². The number of para-hydroxylation sites is 2. The van der Waals surface area contributed by atoms with Gasteiger partial charge in [0.1, 0.15) is 6.54 Å². The standard InChI is InChI=1S/C12H12N4O3/c13-8-3-1-2-4-9(8)14-11(18)7-16-6-5-10(17)15-12(16)19/h1-6H,7,13H2,(H,14,18)(H,15,17,19). The Labute approximate surface area is 107 Å². The molecule has 1 heterocycles. The molecule has 0 radical (unpaired) electrons. The van der Waals surface area contributed by atoms with Crippen molar-refractivity contribution in [2.45, 2.75) is 6.54 Å². The molecule has 7 nitrogen and oxygen atoms in total. The molecule has 0 atom stereocenters. The van der Waals surface area contributed by atoms with Crippen molar-refractivity contribution in [1.29, 1.82) is 0 Å². The minimum atomic E-state index is -0.635. The number of nitrogen functional groups attached to an aromatic ring is 1. The van der Waals surface area contributed by atoms with E-state index >= 15 is 0 Å². The van der Waals surface area contributed by atoms with Gasteiger partial charge in [-0.1, -0.05) is 12.1 Å². The second-order valence-corrected chi connectivity index (χ2v) is 3.87. The monoisotopic (exact) mass is 260 g/mol. The number of nitrogens with one attached hydrogen (secondary N) is 2. The van der Waals surface area contributed by atoms with Crippen LogP contribution in [0.2, 0.25) is 0 Å². The summed E-state index contributed by atoms with van der Waals surface area (Å²) in [5.74, 6) is -0.410. The van der Waals surface area contributed by atoms with Crippen LogP contribution in [0, 0.1) is 0 Å². The largest absolute Gasteiger partial charge is 0.397 e. The summed E-state index contributed by atoms with van der Waals surface area (Å²) in [6, 6.07) is 7.96. The van der Waals surface area contributed by atoms with Crippen molar-refractivity contribution in [3.63, 3.8) is 0 Å². The Morgan fingerprint density at radius 2 is 2.00 bits per heavy atom. The summed E-state index contributed by atoms with van der Waals surface area (Å²) in [6.07, 6.45) is 1.26. The number of rotatable bonds is 3. The average molecular weight is 260 g/mol. The number of anilines is 2. The molecule has 98 valence electrons. The van der Waals surface area contributed by atoms with Crippen LogP contribution in [0.1, 0.15) is 0 Å². The predicted octanol–water partition coefficient (Wildman–Crippen LogP) is -0.243. The lowest BCUT2D eigenvalue weighted by Gasteiger charge is -2.08. The van der Waals surface area contributed by atoms with Crippen LogP contribution in [-0.2, 0) is 11.3 Å². The topological polar surface area (TPSA) is 110 Å². The minimum Gasteiger partial charge on any atom is -0.397 e. The lowest BCUT2D eigenvalue weighted by Crippen LogP contribution is -2.32. The van der Waals surface area contributed by atoms with Gasteiger partial charge in [-0.15, -0.1) is 0 Å². The van der Waals surface area contributed by atoms with E-state index in [2.05, 4.69) is 10.3 Å². The summed E-state index contributed by atoms with van der Waals surface area (Å²) in [5.41, 5.74) is 5.45. The molecule has 1 amide bonds. The Kier molecular flexibility index (Phi) is 3.46. The molecule has 0 fully saturated rings. The average Bonchev–Trinajstić information content (AvgIpc) is 2.36. The van der Waals surface area contributed by atoms with Crippen molar-refractivity contribution < 1.29 is 4.79 Å². The number of nitrogens with zero attached hydrogens (tertiary/aromatic N) is 1. The molecule has 0 aliphatic carbocycles. The molecule has 2 rings (SSSR count). The third-order valence-corrected chi connectivity index (χ3v) is 2.45. The number of aromatic nitrogens is 2. The SMILES string of the molecule is Nc1ccccc1NC(=O)Cn1ccc(=O)[nH]c1=O. The fourth-order valence-corrected chi connectivity index (χ4v) is 1.52. The number of nitrogens with two attached hydrogens (primary N) is 1. The zero-order valence-corrected chi connectivity index (χ0v) is 9.92. The van der Waals surface area contributed by atoms with Crippen LogP contribution in [0.5, 0.6) is 0 Å². The van der Waals surface area contributed by atoms with Crippen LogP contribution >= 0.6 is 0 Å². The zero-order valence-electron chi connectivity index (χ0n) is 9.92. The Balaban J connectivity index is 2.12. The lowest BCUT2D eigenvalue weighted by molar-refractivity contribution is -0.116. The number of H-pyrrole nitrogens is 1. The van der Waals surface area contributed by atoms with Gasteiger partial charge >= 0.3 is 5.69 Å². The molecule has 0 saturated heterocycles. The molecule has 0 bridgehead atoms. The summed E-state index contributed by atoms with van der Waals surface area (Å²) in [4.78, 5) is 36.1. The van der Waals surface area contributed by atoms with E-state index in [9.17, 15) is 14.4 Å². The van der Waals surface area contributed by atoms with Crippen molar-refractivity contribution in [2.24, 2.45) is 0 Å². The van der Waals surface area contributed by atoms with Crippen molar-refractivity contribution in [3.8, 4) is 0 Å². The molecule has 2 aromatic rings. The van der Waals surface area contributed by atoms with Crippen LogP contribution in [0.15, 0.2) is 46.1 Å². The fourth-order valence-electron chi connectivity index (χ4n) is 1.52. The van der Waals surface area contributed by atoms with Crippen LogP contribution in [0.4, 0.5) is 11.4 Å². The van der Waals surface area contributed by atoms with Gasteiger partial charge in [0.25, 0.3) is 5.56 Å². The number of hydrogen-bond donors (Lipinski definition) is 3. The molecule has 0 aliphatic heterocycles. The maximum absolute atomic E-state index is 11.8. The maximum Gasteiger partial charge on any atom is 0.328 e. The van der Waals surface area contributed by atoms with E-state index in [4.69, 9.17) is 5.73 Å². The molecule has 1 aromatic carbocycles. The van der Waals surface area contributed by atoms with Gasteiger partial charge in [-0.3, -0.25) is 19.1 Å². The molecule has 1 aromatic heterocycles. The highest BCUT2D eigenvalue weighted by Gasteiger charge is 2.06. The first kappa shape index (κ1) is 12.6. The maximum atomic E-state index is 11.8. The molecule has 4 N–H and O–H groups in total. The van der Waals surface area contributed by atoms with Gasteiger partial charge in [0, 0.05) is 12.3 Å². The molecule has 0 saturated carbocycles. The Hall–Kier alpha value is -2.83. The van der Waals surface area contributed by atoms with E-state index in [0.717, 1.165) is 4.57 Å². The molecule has 7 heteroatoms. The summed E-state index contributed by atoms with van der Waals surface area (Å²) in [5, 5.41) is 2.58. The van der Waals surface area contributed by atoms with Crippen molar-refractivity contribution in [2.75, 3.05) is 11.1 Å². The van der Waals surface area contributed by atoms with E-state index in [1.165, 1.54) is 12.3 Å². The second kappa shape index (κ2) is 5.21. The number of aromatic amines is 1. The zero-order chi connectivity index (χ0) is 13.8. The van der Waals surface area contributed by atoms with E-state index in [-0.39, 0.29) is 6.54 Å². The van der Waals surface area contributed by atoms with E-state index < -0.39 is 17.2 Å². The van der Waals surface area contributed by atoms with E-state index in [1.54, 1.807) is 24.3 Å². The normalized spacial score (nSPS) is 10.1. The number of hydrogen-bond acceptors (Lipinski definition) is 4. The van der Waals surface area contributed by atoms with E-state index in [0.29, 0.717) is 11.4 Å². The summed E-state index contributed by atoms with van der Waals surface area (Å²) >= 11 is 0. The third-order valence-electron chi connectivity index (χ3n) is 2.45. The highest BCUT2D eigenvalue weighted by molar-refractivity contribution is 5.93. The lowest BCUT2D eigenvalue weighted by atomic mass is 10.2. The van der Waals surface area contributed by atoms with Crippen molar-refractivity contribution in [1.82, 2.24) is 9.55 Å². The molecular formula is C12H12N4O3. The van der Waals surface area contributed by atoms with Crippen molar-refractivity contribution >= 4 is 17.3 Å². The smallest absolute Gasteiger partial charge is 0.328 e. The van der Waals surface area contributed by atoms with Gasteiger partial charge in [0.05, 0.1) is 11.4 Å². The molecule has 0 spiro atoms. The van der Waals surface area contributed by atoms with Crippen molar-refractivity contribution in [3.05, 3.63) is 57.4 Å². The summed E-state index contributed by atoms with van der Waals surface area (Å²) in [7, 11) is 0. The first-order valence-electron chi connectivity index (χ1n) is 5.50. The van der Waals surface area contributed by atoms with Gasteiger partial charge in [0.2, 0.25) is 5.91 Å². The Bertz CT molecular complexity index is 717. The van der Waals surface area contributed by atoms with Crippen LogP contribution < -0.4 is 22.3 Å². The molecule has 0 aliphatic rings. The highest BCUT2D eigenvalue weighted by Crippen LogP contribution is 2.16. The quantitative estimate of drug-likeness (QED) is 0.661. The number of carbonyl (C=O) groups is 1. The second-order valence-electron chi connectivity index (χ2n) is 3.87. The number of amides is 1. The Morgan fingerprint density at radius 3 is 2.68 bits per heavy atom. The minimum absolute atomic E-state index is 0.204. The molecular weight excluding hydrogens is 248 g/mol. The van der Waals surface area contributed by atoms with E-state index in [1.807, 2.05) is 0 Å². The number of carbonyl (C=O) groups excluding carboxylic acids is 1. The first-order valence-corrected chi connectivity index (χ1v) is 5.50. The van der Waals surface area contributed by atoms with Gasteiger partial charge in [-0.25, -0.2) is 4.79 Å². The fraction of sp³-hybridized carbons (Fsp3) is 0.0833. The Morgan fingerprint density at radius 1 is 1.26 bits per heavy atom. The van der Waals surface area contributed by atoms with Gasteiger partial charge in [-0.2, -0.15) is 0 Å². The molecule has 0 unspecified atom stereocenters. The first-order chi connectivity index (χ1) is 9.06. The van der Waals surface area contributed by atoms with Gasteiger partial charge in [-0.05, 0) is 12.1 Å². The van der Waals surface area contributed by atoms with Gasteiger partial charge < -0.3 is 11.1 Å². The number of benzene rings is 1. The predicted molar refractivity (Wildman–Crippen MR) is 70.8 cm³/mol. The van der Waals surface area contributed by atoms with Crippen LogP contribution in [-0.4, -0.2) is 15.5 Å². The van der Waals surface area contributed by atoms with Crippen LogP contribution in [0.25, 0.3) is 0 Å².